The number of aliphatic hydroxyl groups is 1. The molecule has 1 heterocycles. The van der Waals surface area contributed by atoms with Crippen molar-refractivity contribution in [2.75, 3.05) is 19.6 Å². The predicted molar refractivity (Wildman–Crippen MR) is 66.7 cm³/mol. The van der Waals surface area contributed by atoms with E-state index in [1.807, 2.05) is 24.3 Å². The monoisotopic (exact) mass is 239 g/mol. The Kier molecular flexibility index (Phi) is 4.22. The van der Waals surface area contributed by atoms with Crippen molar-refractivity contribution in [1.29, 1.82) is 0 Å². The lowest BCUT2D eigenvalue weighted by Gasteiger charge is -2.18. The Hall–Kier alpha value is -0.570. The molecule has 1 aliphatic rings. The molecular weight excluding hydrogens is 222 g/mol. The normalized spacial score (nSPS) is 18.9. The van der Waals surface area contributed by atoms with Gasteiger partial charge in [0.1, 0.15) is 0 Å². The summed E-state index contributed by atoms with van der Waals surface area (Å²) in [5.41, 5.74) is 0.850. The molecule has 2 rings (SSSR count). The number of aliphatic hydroxyl groups excluding tert-OH is 1. The number of benzene rings is 1. The van der Waals surface area contributed by atoms with Crippen molar-refractivity contribution in [3.63, 3.8) is 0 Å². The number of likely N-dealkylation sites (tertiary alicyclic amines) is 1. The van der Waals surface area contributed by atoms with Crippen LogP contribution in [0.15, 0.2) is 24.3 Å². The molecule has 0 aromatic heterocycles. The van der Waals surface area contributed by atoms with Crippen molar-refractivity contribution in [3.8, 4) is 0 Å². The molecule has 1 saturated heterocycles. The van der Waals surface area contributed by atoms with Crippen LogP contribution >= 0.6 is 11.6 Å². The van der Waals surface area contributed by atoms with E-state index in [0.29, 0.717) is 5.02 Å². The molecule has 1 fully saturated rings. The SMILES string of the molecule is OC(CCN1CCCC1)c1ccccc1Cl. The highest BCUT2D eigenvalue weighted by molar-refractivity contribution is 6.31. The summed E-state index contributed by atoms with van der Waals surface area (Å²) in [6.45, 7) is 3.32. The summed E-state index contributed by atoms with van der Waals surface area (Å²) in [7, 11) is 0. The lowest BCUT2D eigenvalue weighted by molar-refractivity contribution is 0.149. The first kappa shape index (κ1) is 11.9. The fourth-order valence-electron chi connectivity index (χ4n) is 2.21. The first-order valence-corrected chi connectivity index (χ1v) is 6.30. The van der Waals surface area contributed by atoms with Gasteiger partial charge in [0.2, 0.25) is 0 Å². The second kappa shape index (κ2) is 5.67. The summed E-state index contributed by atoms with van der Waals surface area (Å²) in [6, 6.07) is 7.53. The van der Waals surface area contributed by atoms with E-state index in [4.69, 9.17) is 11.6 Å². The van der Waals surface area contributed by atoms with Crippen LogP contribution in [0.2, 0.25) is 5.02 Å². The molecule has 3 heteroatoms. The molecule has 1 N–H and O–H groups in total. The van der Waals surface area contributed by atoms with Crippen molar-refractivity contribution in [3.05, 3.63) is 34.9 Å². The van der Waals surface area contributed by atoms with E-state index in [-0.39, 0.29) is 0 Å². The average molecular weight is 240 g/mol. The molecule has 0 amide bonds. The summed E-state index contributed by atoms with van der Waals surface area (Å²) in [4.78, 5) is 2.40. The lowest BCUT2D eigenvalue weighted by atomic mass is 10.1. The van der Waals surface area contributed by atoms with Gasteiger partial charge >= 0.3 is 0 Å². The number of hydrogen-bond donors (Lipinski definition) is 1. The van der Waals surface area contributed by atoms with Gasteiger partial charge in [0.25, 0.3) is 0 Å². The summed E-state index contributed by atoms with van der Waals surface area (Å²) < 4.78 is 0. The van der Waals surface area contributed by atoms with Gasteiger partial charge in [-0.25, -0.2) is 0 Å². The Bertz CT molecular complexity index is 336. The Morgan fingerprint density at radius 2 is 1.94 bits per heavy atom. The maximum Gasteiger partial charge on any atom is 0.0816 e. The van der Waals surface area contributed by atoms with Crippen LogP contribution in [0.3, 0.4) is 0 Å². The maximum absolute atomic E-state index is 10.1. The second-order valence-electron chi connectivity index (χ2n) is 4.37. The maximum atomic E-state index is 10.1. The molecule has 1 atom stereocenters. The fourth-order valence-corrected chi connectivity index (χ4v) is 2.47. The molecule has 0 bridgehead atoms. The second-order valence-corrected chi connectivity index (χ2v) is 4.78. The van der Waals surface area contributed by atoms with E-state index >= 15 is 0 Å². The Labute approximate surface area is 102 Å². The molecule has 1 aromatic carbocycles. The summed E-state index contributed by atoms with van der Waals surface area (Å²) in [5.74, 6) is 0. The van der Waals surface area contributed by atoms with Crippen molar-refractivity contribution < 1.29 is 5.11 Å². The topological polar surface area (TPSA) is 23.5 Å². The van der Waals surface area contributed by atoms with Crippen LogP contribution in [0.25, 0.3) is 0 Å². The molecule has 16 heavy (non-hydrogen) atoms. The third-order valence-electron chi connectivity index (χ3n) is 3.18. The van der Waals surface area contributed by atoms with Crippen LogP contribution in [-0.2, 0) is 0 Å². The van der Waals surface area contributed by atoms with Gasteiger partial charge in [0.05, 0.1) is 6.10 Å². The zero-order chi connectivity index (χ0) is 11.4. The van der Waals surface area contributed by atoms with Crippen LogP contribution in [0.4, 0.5) is 0 Å². The van der Waals surface area contributed by atoms with Crippen LogP contribution < -0.4 is 0 Å². The molecule has 2 nitrogen and oxygen atoms in total. The number of rotatable bonds is 4. The largest absolute Gasteiger partial charge is 0.388 e. The van der Waals surface area contributed by atoms with Crippen molar-refractivity contribution in [2.24, 2.45) is 0 Å². The van der Waals surface area contributed by atoms with Crippen LogP contribution in [0.1, 0.15) is 30.9 Å². The van der Waals surface area contributed by atoms with Gasteiger partial charge in [-0.2, -0.15) is 0 Å². The van der Waals surface area contributed by atoms with Gasteiger partial charge in [-0.1, -0.05) is 29.8 Å². The highest BCUT2D eigenvalue weighted by atomic mass is 35.5. The first-order chi connectivity index (χ1) is 7.77. The minimum absolute atomic E-state index is 0.436. The van der Waals surface area contributed by atoms with Crippen molar-refractivity contribution in [2.45, 2.75) is 25.4 Å². The summed E-state index contributed by atoms with van der Waals surface area (Å²) in [6.07, 6.45) is 2.92. The zero-order valence-corrected chi connectivity index (χ0v) is 10.2. The number of nitrogens with zero attached hydrogens (tertiary/aromatic N) is 1. The van der Waals surface area contributed by atoms with Crippen molar-refractivity contribution >= 4 is 11.6 Å². The van der Waals surface area contributed by atoms with Crippen LogP contribution in [-0.4, -0.2) is 29.6 Å². The van der Waals surface area contributed by atoms with E-state index in [2.05, 4.69) is 4.90 Å². The van der Waals surface area contributed by atoms with Gasteiger partial charge in [0, 0.05) is 11.6 Å². The minimum atomic E-state index is -0.436. The smallest absolute Gasteiger partial charge is 0.0816 e. The van der Waals surface area contributed by atoms with Gasteiger partial charge in [-0.3, -0.25) is 0 Å². The van der Waals surface area contributed by atoms with Gasteiger partial charge < -0.3 is 10.0 Å². The molecule has 0 aliphatic carbocycles. The zero-order valence-electron chi connectivity index (χ0n) is 9.40. The molecular formula is C13H18ClNO. The van der Waals surface area contributed by atoms with E-state index in [0.717, 1.165) is 18.5 Å². The Morgan fingerprint density at radius 3 is 2.62 bits per heavy atom. The summed E-state index contributed by atoms with van der Waals surface area (Å²) >= 11 is 6.04. The van der Waals surface area contributed by atoms with Gasteiger partial charge in [-0.15, -0.1) is 0 Å². The average Bonchev–Trinajstić information content (AvgIpc) is 2.79. The van der Waals surface area contributed by atoms with Gasteiger partial charge in [-0.05, 0) is 44.0 Å². The van der Waals surface area contributed by atoms with Gasteiger partial charge in [0.15, 0.2) is 0 Å². The summed E-state index contributed by atoms with van der Waals surface area (Å²) in [5, 5.41) is 10.7. The molecule has 88 valence electrons. The number of halogens is 1. The molecule has 0 saturated carbocycles. The van der Waals surface area contributed by atoms with E-state index < -0.39 is 6.10 Å². The van der Waals surface area contributed by atoms with E-state index in [9.17, 15) is 5.11 Å². The Morgan fingerprint density at radius 1 is 1.25 bits per heavy atom. The molecule has 1 unspecified atom stereocenters. The first-order valence-electron chi connectivity index (χ1n) is 5.92. The molecule has 0 spiro atoms. The standard InChI is InChI=1S/C13H18ClNO/c14-12-6-2-1-5-11(12)13(16)7-10-15-8-3-4-9-15/h1-2,5-6,13,16H,3-4,7-10H2. The lowest BCUT2D eigenvalue weighted by Crippen LogP contribution is -2.22. The molecule has 1 aliphatic heterocycles. The predicted octanol–water partition coefficient (Wildman–Crippen LogP) is 2.86. The molecule has 1 aromatic rings. The van der Waals surface area contributed by atoms with Crippen LogP contribution in [0.5, 0.6) is 0 Å². The third-order valence-corrected chi connectivity index (χ3v) is 3.53. The van der Waals surface area contributed by atoms with E-state index in [1.165, 1.54) is 25.9 Å². The quantitative estimate of drug-likeness (QED) is 0.874. The van der Waals surface area contributed by atoms with Crippen LogP contribution in [0, 0.1) is 0 Å². The number of hydrogen-bond acceptors (Lipinski definition) is 2. The molecule has 0 radical (unpaired) electrons. The highest BCUT2D eigenvalue weighted by Crippen LogP contribution is 2.25. The van der Waals surface area contributed by atoms with Crippen molar-refractivity contribution in [1.82, 2.24) is 4.90 Å². The van der Waals surface area contributed by atoms with E-state index in [1.54, 1.807) is 0 Å². The highest BCUT2D eigenvalue weighted by Gasteiger charge is 2.15. The third kappa shape index (κ3) is 2.97. The minimum Gasteiger partial charge on any atom is -0.388 e. The Balaban J connectivity index is 1.87. The fraction of sp³-hybridized carbons (Fsp3) is 0.538.